The maximum atomic E-state index is 11.3. The molecule has 1 aromatic rings. The standard InChI is InChI=1S/C15H23NO2S/c1-4-16(5-2)8-9-19-11-14-10-13(12(3)17)6-7-15(14)18/h6-7,10,18H,4-5,8-9,11H2,1-3H3. The minimum atomic E-state index is 0.0365. The number of rotatable bonds is 8. The van der Waals surface area contributed by atoms with Crippen LogP contribution < -0.4 is 0 Å². The summed E-state index contributed by atoms with van der Waals surface area (Å²) < 4.78 is 0. The number of hydrogen-bond acceptors (Lipinski definition) is 4. The first-order valence-corrected chi connectivity index (χ1v) is 7.86. The molecular weight excluding hydrogens is 258 g/mol. The number of phenols is 1. The van der Waals surface area contributed by atoms with E-state index in [9.17, 15) is 9.90 Å². The van der Waals surface area contributed by atoms with E-state index in [-0.39, 0.29) is 11.5 Å². The fourth-order valence-corrected chi connectivity index (χ4v) is 2.82. The maximum Gasteiger partial charge on any atom is 0.159 e. The Morgan fingerprint density at radius 2 is 2.00 bits per heavy atom. The Morgan fingerprint density at radius 3 is 2.58 bits per heavy atom. The van der Waals surface area contributed by atoms with Gasteiger partial charge in [-0.2, -0.15) is 11.8 Å². The molecule has 0 saturated carbocycles. The molecule has 0 aliphatic rings. The Bertz CT molecular complexity index is 417. The zero-order valence-electron chi connectivity index (χ0n) is 12.0. The van der Waals surface area contributed by atoms with Crippen LogP contribution in [0.5, 0.6) is 5.75 Å². The summed E-state index contributed by atoms with van der Waals surface area (Å²) in [7, 11) is 0. The summed E-state index contributed by atoms with van der Waals surface area (Å²) >= 11 is 1.79. The van der Waals surface area contributed by atoms with Crippen molar-refractivity contribution in [2.75, 3.05) is 25.4 Å². The predicted octanol–water partition coefficient (Wildman–Crippen LogP) is 3.17. The average molecular weight is 281 g/mol. The van der Waals surface area contributed by atoms with Crippen LogP contribution in [0.15, 0.2) is 18.2 Å². The largest absolute Gasteiger partial charge is 0.508 e. The number of carbonyl (C=O) groups is 1. The van der Waals surface area contributed by atoms with E-state index in [4.69, 9.17) is 0 Å². The van der Waals surface area contributed by atoms with Crippen molar-refractivity contribution < 1.29 is 9.90 Å². The van der Waals surface area contributed by atoms with Gasteiger partial charge in [-0.25, -0.2) is 0 Å². The first-order chi connectivity index (χ1) is 9.08. The van der Waals surface area contributed by atoms with Crippen molar-refractivity contribution in [3.05, 3.63) is 29.3 Å². The lowest BCUT2D eigenvalue weighted by Gasteiger charge is -2.17. The third-order valence-electron chi connectivity index (χ3n) is 3.19. The number of phenolic OH excluding ortho intramolecular Hbond substituents is 1. The van der Waals surface area contributed by atoms with Crippen molar-refractivity contribution in [3.63, 3.8) is 0 Å². The molecule has 0 aromatic heterocycles. The molecule has 0 amide bonds. The van der Waals surface area contributed by atoms with Gasteiger partial charge in [-0.15, -0.1) is 0 Å². The van der Waals surface area contributed by atoms with Crippen molar-refractivity contribution in [1.29, 1.82) is 0 Å². The Balaban J connectivity index is 2.48. The number of nitrogens with zero attached hydrogens (tertiary/aromatic N) is 1. The molecule has 0 aliphatic heterocycles. The van der Waals surface area contributed by atoms with Gasteiger partial charge in [-0.3, -0.25) is 4.79 Å². The molecule has 0 atom stereocenters. The van der Waals surface area contributed by atoms with Crippen LogP contribution >= 0.6 is 11.8 Å². The van der Waals surface area contributed by atoms with Crippen LogP contribution in [0, 0.1) is 0 Å². The van der Waals surface area contributed by atoms with Gasteiger partial charge in [0.2, 0.25) is 0 Å². The molecule has 0 fully saturated rings. The number of carbonyl (C=O) groups excluding carboxylic acids is 1. The molecule has 1 rings (SSSR count). The summed E-state index contributed by atoms with van der Waals surface area (Å²) in [5.41, 5.74) is 1.51. The highest BCUT2D eigenvalue weighted by Crippen LogP contribution is 2.23. The zero-order valence-corrected chi connectivity index (χ0v) is 12.8. The smallest absolute Gasteiger partial charge is 0.159 e. The van der Waals surface area contributed by atoms with Gasteiger partial charge in [0, 0.05) is 29.2 Å². The molecular formula is C15H23NO2S. The molecule has 0 aliphatic carbocycles. The highest BCUT2D eigenvalue weighted by molar-refractivity contribution is 7.98. The van der Waals surface area contributed by atoms with Crippen LogP contribution in [0.3, 0.4) is 0 Å². The van der Waals surface area contributed by atoms with E-state index in [0.29, 0.717) is 5.56 Å². The number of benzene rings is 1. The van der Waals surface area contributed by atoms with Gasteiger partial charge in [-0.05, 0) is 38.2 Å². The fraction of sp³-hybridized carbons (Fsp3) is 0.533. The van der Waals surface area contributed by atoms with E-state index in [0.717, 1.165) is 36.7 Å². The third kappa shape index (κ3) is 5.25. The fourth-order valence-electron chi connectivity index (χ4n) is 1.84. The van der Waals surface area contributed by atoms with Gasteiger partial charge >= 0.3 is 0 Å². The molecule has 1 N–H and O–H groups in total. The van der Waals surface area contributed by atoms with Crippen LogP contribution in [0.1, 0.15) is 36.7 Å². The molecule has 106 valence electrons. The average Bonchev–Trinajstić information content (AvgIpc) is 2.40. The van der Waals surface area contributed by atoms with E-state index in [1.807, 2.05) is 0 Å². The number of aromatic hydroxyl groups is 1. The quantitative estimate of drug-likeness (QED) is 0.587. The molecule has 0 unspecified atom stereocenters. The van der Waals surface area contributed by atoms with Gasteiger partial charge in [0.1, 0.15) is 5.75 Å². The summed E-state index contributed by atoms with van der Waals surface area (Å²) in [5.74, 6) is 2.09. The number of hydrogen-bond donors (Lipinski definition) is 1. The number of ketones is 1. The van der Waals surface area contributed by atoms with Gasteiger partial charge in [0.25, 0.3) is 0 Å². The first kappa shape index (κ1) is 16.1. The Kier molecular flexibility index (Phi) is 6.95. The molecule has 0 bridgehead atoms. The summed E-state index contributed by atoms with van der Waals surface area (Å²) in [5, 5.41) is 9.78. The van der Waals surface area contributed by atoms with Gasteiger partial charge < -0.3 is 10.0 Å². The SMILES string of the molecule is CCN(CC)CCSCc1cc(C(C)=O)ccc1O. The number of Topliss-reactive ketones (excluding diaryl/α,β-unsaturated/α-hetero) is 1. The van der Waals surface area contributed by atoms with E-state index < -0.39 is 0 Å². The van der Waals surface area contributed by atoms with Crippen molar-refractivity contribution in [2.45, 2.75) is 26.5 Å². The van der Waals surface area contributed by atoms with Crippen molar-refractivity contribution in [1.82, 2.24) is 4.90 Å². The number of thioether (sulfide) groups is 1. The Hall–Kier alpha value is -1.00. The molecule has 1 aromatic carbocycles. The third-order valence-corrected chi connectivity index (χ3v) is 4.18. The van der Waals surface area contributed by atoms with E-state index in [1.165, 1.54) is 0 Å². The highest BCUT2D eigenvalue weighted by atomic mass is 32.2. The van der Waals surface area contributed by atoms with Crippen LogP contribution in [0.25, 0.3) is 0 Å². The van der Waals surface area contributed by atoms with Crippen LogP contribution in [-0.2, 0) is 5.75 Å². The van der Waals surface area contributed by atoms with Crippen LogP contribution in [-0.4, -0.2) is 41.2 Å². The zero-order chi connectivity index (χ0) is 14.3. The second kappa shape index (κ2) is 8.23. The minimum absolute atomic E-state index is 0.0365. The topological polar surface area (TPSA) is 40.5 Å². The Labute approximate surface area is 120 Å². The maximum absolute atomic E-state index is 11.3. The normalized spacial score (nSPS) is 10.9. The van der Waals surface area contributed by atoms with E-state index in [1.54, 1.807) is 36.9 Å². The molecule has 0 heterocycles. The summed E-state index contributed by atoms with van der Waals surface area (Å²) in [6.07, 6.45) is 0. The lowest BCUT2D eigenvalue weighted by molar-refractivity contribution is 0.101. The van der Waals surface area contributed by atoms with E-state index >= 15 is 0 Å². The van der Waals surface area contributed by atoms with Crippen molar-refractivity contribution in [3.8, 4) is 5.75 Å². The molecule has 0 spiro atoms. The molecule has 0 saturated heterocycles. The lowest BCUT2D eigenvalue weighted by Crippen LogP contribution is -2.25. The predicted molar refractivity (Wildman–Crippen MR) is 82.1 cm³/mol. The molecule has 3 nitrogen and oxygen atoms in total. The van der Waals surface area contributed by atoms with E-state index in [2.05, 4.69) is 18.7 Å². The van der Waals surface area contributed by atoms with Crippen molar-refractivity contribution in [2.24, 2.45) is 0 Å². The second-order valence-corrected chi connectivity index (χ2v) is 5.58. The molecule has 0 radical (unpaired) electrons. The van der Waals surface area contributed by atoms with Gasteiger partial charge in [-0.1, -0.05) is 13.8 Å². The Morgan fingerprint density at radius 1 is 1.32 bits per heavy atom. The summed E-state index contributed by atoms with van der Waals surface area (Å²) in [4.78, 5) is 13.7. The lowest BCUT2D eigenvalue weighted by atomic mass is 10.1. The van der Waals surface area contributed by atoms with Crippen molar-refractivity contribution >= 4 is 17.5 Å². The first-order valence-electron chi connectivity index (χ1n) is 6.71. The van der Waals surface area contributed by atoms with Crippen LogP contribution in [0.4, 0.5) is 0 Å². The second-order valence-electron chi connectivity index (χ2n) is 4.48. The summed E-state index contributed by atoms with van der Waals surface area (Å²) in [6, 6.07) is 5.07. The monoisotopic (exact) mass is 281 g/mol. The molecule has 19 heavy (non-hydrogen) atoms. The summed E-state index contributed by atoms with van der Waals surface area (Å²) in [6.45, 7) is 9.07. The molecule has 4 heteroatoms. The minimum Gasteiger partial charge on any atom is -0.508 e. The van der Waals surface area contributed by atoms with Crippen LogP contribution in [0.2, 0.25) is 0 Å². The van der Waals surface area contributed by atoms with Gasteiger partial charge in [0.05, 0.1) is 0 Å². The highest BCUT2D eigenvalue weighted by Gasteiger charge is 2.06. The van der Waals surface area contributed by atoms with Gasteiger partial charge in [0.15, 0.2) is 5.78 Å².